The van der Waals surface area contributed by atoms with Crippen molar-refractivity contribution in [3.63, 3.8) is 0 Å². The third-order valence-electron chi connectivity index (χ3n) is 3.59. The Hall–Kier alpha value is -2.37. The fraction of sp³-hybridized carbons (Fsp3) is 0.400. The number of amides is 1. The van der Waals surface area contributed by atoms with Crippen molar-refractivity contribution in [3.8, 4) is 5.75 Å². The molecule has 3 rings (SSSR count). The van der Waals surface area contributed by atoms with Crippen molar-refractivity contribution < 1.29 is 14.1 Å². The van der Waals surface area contributed by atoms with Gasteiger partial charge in [-0.25, -0.2) is 0 Å². The number of aromatic nitrogens is 2. The van der Waals surface area contributed by atoms with Crippen LogP contribution in [-0.2, 0) is 11.3 Å². The smallest absolute Gasteiger partial charge is 0.223 e. The highest BCUT2D eigenvalue weighted by Crippen LogP contribution is 2.29. The lowest BCUT2D eigenvalue weighted by Gasteiger charge is -2.18. The second-order valence-corrected chi connectivity index (χ2v) is 5.01. The molecule has 1 aliphatic heterocycles. The van der Waals surface area contributed by atoms with Crippen molar-refractivity contribution in [1.29, 1.82) is 0 Å². The predicted octanol–water partition coefficient (Wildman–Crippen LogP) is 1.98. The standard InChI is InChI=1S/C15H17N3O3/c1-2-20-13-6-4-3-5-11(13)8-18-9-12(7-14(18)19)15-16-10-21-17-15/h3-6,10,12H,2,7-9H2,1H3. The summed E-state index contributed by atoms with van der Waals surface area (Å²) in [5.74, 6) is 1.55. The first-order valence-corrected chi connectivity index (χ1v) is 7.02. The van der Waals surface area contributed by atoms with Crippen molar-refractivity contribution in [3.05, 3.63) is 42.0 Å². The van der Waals surface area contributed by atoms with Crippen LogP contribution in [0.1, 0.15) is 30.7 Å². The van der Waals surface area contributed by atoms with Gasteiger partial charge in [-0.3, -0.25) is 4.79 Å². The van der Waals surface area contributed by atoms with Crippen molar-refractivity contribution in [2.45, 2.75) is 25.8 Å². The number of nitrogens with zero attached hydrogens (tertiary/aromatic N) is 3. The highest BCUT2D eigenvalue weighted by Gasteiger charge is 2.33. The average Bonchev–Trinajstić information content (AvgIpc) is 3.12. The second kappa shape index (κ2) is 5.95. The Kier molecular flexibility index (Phi) is 3.85. The lowest BCUT2D eigenvalue weighted by atomic mass is 10.1. The van der Waals surface area contributed by atoms with Crippen LogP contribution >= 0.6 is 0 Å². The maximum atomic E-state index is 12.2. The number of para-hydroxylation sites is 1. The van der Waals surface area contributed by atoms with Crippen LogP contribution in [0.3, 0.4) is 0 Å². The van der Waals surface area contributed by atoms with Gasteiger partial charge in [0.1, 0.15) is 5.75 Å². The van der Waals surface area contributed by atoms with E-state index in [0.29, 0.717) is 31.9 Å². The lowest BCUT2D eigenvalue weighted by Crippen LogP contribution is -2.24. The van der Waals surface area contributed by atoms with Gasteiger partial charge in [0.2, 0.25) is 12.3 Å². The van der Waals surface area contributed by atoms with Crippen LogP contribution in [0.2, 0.25) is 0 Å². The summed E-state index contributed by atoms with van der Waals surface area (Å²) < 4.78 is 10.4. The molecule has 0 N–H and O–H groups in total. The van der Waals surface area contributed by atoms with Crippen LogP contribution in [0.25, 0.3) is 0 Å². The first-order chi connectivity index (χ1) is 10.3. The molecule has 2 heterocycles. The zero-order chi connectivity index (χ0) is 14.7. The first-order valence-electron chi connectivity index (χ1n) is 7.02. The minimum absolute atomic E-state index is 0.00973. The molecule has 1 saturated heterocycles. The molecule has 1 aromatic heterocycles. The number of carbonyl (C=O) groups excluding carboxylic acids is 1. The number of hydrogen-bond donors (Lipinski definition) is 0. The fourth-order valence-corrected chi connectivity index (χ4v) is 2.59. The molecule has 110 valence electrons. The number of hydrogen-bond acceptors (Lipinski definition) is 5. The largest absolute Gasteiger partial charge is 0.494 e. The number of carbonyl (C=O) groups is 1. The fourth-order valence-electron chi connectivity index (χ4n) is 2.59. The molecule has 6 heteroatoms. The number of benzene rings is 1. The molecule has 0 bridgehead atoms. The number of ether oxygens (including phenoxy) is 1. The molecule has 1 amide bonds. The van der Waals surface area contributed by atoms with E-state index in [0.717, 1.165) is 11.3 Å². The summed E-state index contributed by atoms with van der Waals surface area (Å²) in [7, 11) is 0. The maximum absolute atomic E-state index is 12.2. The lowest BCUT2D eigenvalue weighted by molar-refractivity contribution is -0.128. The first kappa shape index (κ1) is 13.6. The SMILES string of the molecule is CCOc1ccccc1CN1CC(c2ncon2)CC1=O. The molecule has 1 atom stereocenters. The van der Waals surface area contributed by atoms with Crippen molar-refractivity contribution >= 4 is 5.91 Å². The molecule has 0 aliphatic carbocycles. The summed E-state index contributed by atoms with van der Waals surface area (Å²) in [5, 5.41) is 3.83. The molecule has 0 saturated carbocycles. The molecule has 6 nitrogen and oxygen atoms in total. The molecular formula is C15H17N3O3. The Morgan fingerprint density at radius 2 is 2.29 bits per heavy atom. The summed E-state index contributed by atoms with van der Waals surface area (Å²) in [6.07, 6.45) is 1.73. The van der Waals surface area contributed by atoms with Gasteiger partial charge in [0, 0.05) is 31.0 Å². The van der Waals surface area contributed by atoms with Crippen molar-refractivity contribution in [2.75, 3.05) is 13.2 Å². The molecule has 1 fully saturated rings. The van der Waals surface area contributed by atoms with Gasteiger partial charge in [0.05, 0.1) is 6.61 Å². The van der Waals surface area contributed by atoms with E-state index in [2.05, 4.69) is 10.1 Å². The zero-order valence-electron chi connectivity index (χ0n) is 11.9. The highest BCUT2D eigenvalue weighted by molar-refractivity contribution is 5.79. The Morgan fingerprint density at radius 3 is 3.05 bits per heavy atom. The molecule has 0 spiro atoms. The third kappa shape index (κ3) is 2.89. The highest BCUT2D eigenvalue weighted by atomic mass is 16.5. The van der Waals surface area contributed by atoms with Gasteiger partial charge in [-0.15, -0.1) is 0 Å². The van der Waals surface area contributed by atoms with Gasteiger partial charge in [-0.1, -0.05) is 23.4 Å². The zero-order valence-corrected chi connectivity index (χ0v) is 11.9. The number of likely N-dealkylation sites (tertiary alicyclic amines) is 1. The maximum Gasteiger partial charge on any atom is 0.223 e. The molecule has 2 aromatic rings. The Bertz CT molecular complexity index is 612. The topological polar surface area (TPSA) is 68.5 Å². The average molecular weight is 287 g/mol. The van der Waals surface area contributed by atoms with Crippen LogP contribution in [0.5, 0.6) is 5.75 Å². The van der Waals surface area contributed by atoms with Gasteiger partial charge in [-0.05, 0) is 13.0 Å². The normalized spacial score (nSPS) is 18.2. The van der Waals surface area contributed by atoms with E-state index in [1.165, 1.54) is 6.39 Å². The molecule has 1 aliphatic rings. The molecule has 0 radical (unpaired) electrons. The van der Waals surface area contributed by atoms with Crippen molar-refractivity contribution in [2.24, 2.45) is 0 Å². The molecule has 21 heavy (non-hydrogen) atoms. The van der Waals surface area contributed by atoms with E-state index in [1.807, 2.05) is 36.1 Å². The minimum Gasteiger partial charge on any atom is -0.494 e. The van der Waals surface area contributed by atoms with E-state index in [-0.39, 0.29) is 11.8 Å². The van der Waals surface area contributed by atoms with E-state index in [1.54, 1.807) is 0 Å². The van der Waals surface area contributed by atoms with E-state index >= 15 is 0 Å². The summed E-state index contributed by atoms with van der Waals surface area (Å²) in [4.78, 5) is 18.0. The Morgan fingerprint density at radius 1 is 1.43 bits per heavy atom. The summed E-state index contributed by atoms with van der Waals surface area (Å²) in [5.41, 5.74) is 1.02. The summed E-state index contributed by atoms with van der Waals surface area (Å²) in [6.45, 7) is 3.71. The molecular weight excluding hydrogens is 270 g/mol. The Balaban J connectivity index is 1.72. The molecule has 1 unspecified atom stereocenters. The van der Waals surface area contributed by atoms with Gasteiger partial charge in [-0.2, -0.15) is 4.98 Å². The van der Waals surface area contributed by atoms with Crippen molar-refractivity contribution in [1.82, 2.24) is 15.0 Å². The quantitative estimate of drug-likeness (QED) is 0.841. The van der Waals surface area contributed by atoms with Gasteiger partial charge >= 0.3 is 0 Å². The van der Waals surface area contributed by atoms with E-state index in [9.17, 15) is 4.79 Å². The van der Waals surface area contributed by atoms with E-state index in [4.69, 9.17) is 9.26 Å². The van der Waals surface area contributed by atoms with Crippen LogP contribution in [0, 0.1) is 0 Å². The predicted molar refractivity (Wildman–Crippen MR) is 74.7 cm³/mol. The number of rotatable bonds is 5. The Labute approximate surface area is 122 Å². The minimum atomic E-state index is 0.00973. The third-order valence-corrected chi connectivity index (χ3v) is 3.59. The van der Waals surface area contributed by atoms with Gasteiger partial charge < -0.3 is 14.2 Å². The van der Waals surface area contributed by atoms with Gasteiger partial charge in [0.25, 0.3) is 0 Å². The summed E-state index contributed by atoms with van der Waals surface area (Å²) in [6, 6.07) is 7.80. The molecule has 1 aromatic carbocycles. The second-order valence-electron chi connectivity index (χ2n) is 5.01. The van der Waals surface area contributed by atoms with Crippen LogP contribution < -0.4 is 4.74 Å². The van der Waals surface area contributed by atoms with Crippen LogP contribution in [0.4, 0.5) is 0 Å². The van der Waals surface area contributed by atoms with Crippen LogP contribution in [0.15, 0.2) is 35.2 Å². The van der Waals surface area contributed by atoms with Crippen LogP contribution in [-0.4, -0.2) is 34.1 Å². The monoisotopic (exact) mass is 287 g/mol. The van der Waals surface area contributed by atoms with E-state index < -0.39 is 0 Å². The summed E-state index contributed by atoms with van der Waals surface area (Å²) >= 11 is 0. The van der Waals surface area contributed by atoms with Gasteiger partial charge in [0.15, 0.2) is 5.82 Å².